The molecule has 4 heteroatoms. The van der Waals surface area contributed by atoms with Crippen molar-refractivity contribution < 1.29 is 4.74 Å². The van der Waals surface area contributed by atoms with Gasteiger partial charge in [0.15, 0.2) is 0 Å². The van der Waals surface area contributed by atoms with Gasteiger partial charge in [-0.1, -0.05) is 25.2 Å². The van der Waals surface area contributed by atoms with Crippen molar-refractivity contribution in [2.75, 3.05) is 7.11 Å². The quantitative estimate of drug-likeness (QED) is 0.855. The number of benzene rings is 1. The molecule has 2 aromatic rings. The van der Waals surface area contributed by atoms with Crippen LogP contribution >= 0.6 is 12.2 Å². The zero-order valence-electron chi connectivity index (χ0n) is 10.8. The average molecular weight is 260 g/mol. The van der Waals surface area contributed by atoms with Crippen molar-refractivity contribution in [3.63, 3.8) is 0 Å². The summed E-state index contributed by atoms with van der Waals surface area (Å²) in [5.74, 6) is 1.57. The van der Waals surface area contributed by atoms with Gasteiger partial charge < -0.3 is 9.72 Å². The number of hydrogen-bond acceptors (Lipinski definition) is 3. The molecule has 2 rings (SSSR count). The molecule has 0 fully saturated rings. The van der Waals surface area contributed by atoms with Crippen LogP contribution < -0.4 is 4.74 Å². The van der Waals surface area contributed by atoms with E-state index in [9.17, 15) is 0 Å². The topological polar surface area (TPSA) is 37.9 Å². The molecule has 1 heterocycles. The number of aryl methyl sites for hydroxylation is 2. The molecule has 18 heavy (non-hydrogen) atoms. The van der Waals surface area contributed by atoms with Crippen LogP contribution in [0.4, 0.5) is 0 Å². The van der Waals surface area contributed by atoms with Crippen LogP contribution in [0.2, 0.25) is 0 Å². The minimum absolute atomic E-state index is 0.600. The van der Waals surface area contributed by atoms with Crippen molar-refractivity contribution >= 4 is 12.2 Å². The first-order chi connectivity index (χ1) is 8.63. The van der Waals surface area contributed by atoms with E-state index in [2.05, 4.69) is 16.9 Å². The van der Waals surface area contributed by atoms with Crippen molar-refractivity contribution in [1.29, 1.82) is 0 Å². The van der Waals surface area contributed by atoms with Crippen LogP contribution in [0.5, 0.6) is 5.75 Å². The second-order valence-corrected chi connectivity index (χ2v) is 4.57. The van der Waals surface area contributed by atoms with E-state index in [1.807, 2.05) is 31.2 Å². The molecular formula is C14H16N2OS. The van der Waals surface area contributed by atoms with E-state index in [0.717, 1.165) is 34.8 Å². The van der Waals surface area contributed by atoms with Crippen LogP contribution in [0.1, 0.15) is 18.2 Å². The number of nitrogens with zero attached hydrogens (tertiary/aromatic N) is 1. The molecule has 94 valence electrons. The largest absolute Gasteiger partial charge is 0.496 e. The summed E-state index contributed by atoms with van der Waals surface area (Å²) in [4.78, 5) is 7.66. The molecule has 0 radical (unpaired) electrons. The van der Waals surface area contributed by atoms with Gasteiger partial charge >= 0.3 is 0 Å². The standard InChI is InChI=1S/C14H16N2OS/c1-4-10-8-13(18)16-14(15-10)11-6-5-9(2)7-12(11)17-3/h5-8H,4H2,1-3H3,(H,15,16,18). The van der Waals surface area contributed by atoms with Gasteiger partial charge in [0.1, 0.15) is 16.2 Å². The van der Waals surface area contributed by atoms with E-state index < -0.39 is 0 Å². The van der Waals surface area contributed by atoms with E-state index >= 15 is 0 Å². The summed E-state index contributed by atoms with van der Waals surface area (Å²) in [6.07, 6.45) is 0.896. The van der Waals surface area contributed by atoms with E-state index in [-0.39, 0.29) is 0 Å². The average Bonchev–Trinajstić information content (AvgIpc) is 2.37. The van der Waals surface area contributed by atoms with Gasteiger partial charge in [-0.2, -0.15) is 0 Å². The van der Waals surface area contributed by atoms with Crippen LogP contribution in [0.25, 0.3) is 11.4 Å². The van der Waals surface area contributed by atoms with Crippen LogP contribution in [0, 0.1) is 11.6 Å². The molecule has 0 atom stereocenters. The summed E-state index contributed by atoms with van der Waals surface area (Å²) in [5, 5.41) is 0. The second kappa shape index (κ2) is 5.31. The third kappa shape index (κ3) is 2.59. The summed E-state index contributed by atoms with van der Waals surface area (Å²) < 4.78 is 6.00. The predicted molar refractivity (Wildman–Crippen MR) is 75.5 cm³/mol. The van der Waals surface area contributed by atoms with Crippen LogP contribution in [-0.2, 0) is 6.42 Å². The first-order valence-corrected chi connectivity index (χ1v) is 6.30. The fourth-order valence-electron chi connectivity index (χ4n) is 1.82. The van der Waals surface area contributed by atoms with Crippen LogP contribution in [0.3, 0.4) is 0 Å². The molecule has 1 aromatic carbocycles. The number of ether oxygens (including phenoxy) is 1. The Balaban J connectivity index is 2.61. The van der Waals surface area contributed by atoms with Crippen molar-refractivity contribution in [3.05, 3.63) is 40.2 Å². The SMILES string of the molecule is CCc1cc(=S)nc(-c2ccc(C)cc2OC)[nH]1. The zero-order chi connectivity index (χ0) is 13.1. The summed E-state index contributed by atoms with van der Waals surface area (Å²) in [6.45, 7) is 4.11. The number of aromatic nitrogens is 2. The molecule has 0 saturated carbocycles. The van der Waals surface area contributed by atoms with Gasteiger partial charge in [-0.15, -0.1) is 0 Å². The van der Waals surface area contributed by atoms with Gasteiger partial charge in [0.2, 0.25) is 0 Å². The lowest BCUT2D eigenvalue weighted by Gasteiger charge is -2.10. The molecule has 0 bridgehead atoms. The maximum atomic E-state index is 5.40. The fraction of sp³-hybridized carbons (Fsp3) is 0.286. The number of H-pyrrole nitrogens is 1. The molecule has 1 N–H and O–H groups in total. The van der Waals surface area contributed by atoms with Crippen molar-refractivity contribution in [3.8, 4) is 17.1 Å². The third-order valence-corrected chi connectivity index (χ3v) is 3.00. The van der Waals surface area contributed by atoms with Crippen LogP contribution in [-0.4, -0.2) is 17.1 Å². The Morgan fingerprint density at radius 2 is 2.11 bits per heavy atom. The predicted octanol–water partition coefficient (Wildman–Crippen LogP) is 3.69. The molecule has 3 nitrogen and oxygen atoms in total. The van der Waals surface area contributed by atoms with Gasteiger partial charge in [-0.3, -0.25) is 0 Å². The summed E-state index contributed by atoms with van der Waals surface area (Å²) in [6, 6.07) is 7.92. The molecular weight excluding hydrogens is 244 g/mol. The first kappa shape index (κ1) is 12.8. The Labute approximate surface area is 112 Å². The lowest BCUT2D eigenvalue weighted by molar-refractivity contribution is 0.416. The third-order valence-electron chi connectivity index (χ3n) is 2.79. The van der Waals surface area contributed by atoms with Crippen molar-refractivity contribution in [2.24, 2.45) is 0 Å². The van der Waals surface area contributed by atoms with Gasteiger partial charge in [0, 0.05) is 5.69 Å². The molecule has 0 unspecified atom stereocenters. The van der Waals surface area contributed by atoms with Gasteiger partial charge in [0.05, 0.1) is 12.7 Å². The van der Waals surface area contributed by atoms with Gasteiger partial charge in [-0.05, 0) is 37.1 Å². The first-order valence-electron chi connectivity index (χ1n) is 5.89. The summed E-state index contributed by atoms with van der Waals surface area (Å²) in [5.41, 5.74) is 3.16. The zero-order valence-corrected chi connectivity index (χ0v) is 11.6. The highest BCUT2D eigenvalue weighted by Crippen LogP contribution is 2.28. The minimum atomic E-state index is 0.600. The van der Waals surface area contributed by atoms with E-state index in [4.69, 9.17) is 17.0 Å². The molecule has 0 saturated heterocycles. The molecule has 0 aliphatic heterocycles. The van der Waals surface area contributed by atoms with Crippen LogP contribution in [0.15, 0.2) is 24.3 Å². The molecule has 1 aromatic heterocycles. The van der Waals surface area contributed by atoms with Crippen molar-refractivity contribution in [2.45, 2.75) is 20.3 Å². The minimum Gasteiger partial charge on any atom is -0.496 e. The molecule has 0 aliphatic rings. The van der Waals surface area contributed by atoms with E-state index in [1.54, 1.807) is 7.11 Å². The highest BCUT2D eigenvalue weighted by Gasteiger charge is 2.08. The summed E-state index contributed by atoms with van der Waals surface area (Å²) in [7, 11) is 1.66. The Morgan fingerprint density at radius 1 is 1.33 bits per heavy atom. The van der Waals surface area contributed by atoms with Crippen molar-refractivity contribution in [1.82, 2.24) is 9.97 Å². The number of rotatable bonds is 3. The summed E-state index contributed by atoms with van der Waals surface area (Å²) >= 11 is 5.19. The van der Waals surface area contributed by atoms with E-state index in [1.165, 1.54) is 0 Å². The molecule has 0 spiro atoms. The number of nitrogens with one attached hydrogen (secondary N) is 1. The lowest BCUT2D eigenvalue weighted by Crippen LogP contribution is -1.97. The Kier molecular flexibility index (Phi) is 3.77. The fourth-order valence-corrected chi connectivity index (χ4v) is 2.05. The second-order valence-electron chi connectivity index (χ2n) is 4.15. The van der Waals surface area contributed by atoms with Gasteiger partial charge in [0.25, 0.3) is 0 Å². The molecule has 0 amide bonds. The maximum absolute atomic E-state index is 5.40. The number of methoxy groups -OCH3 is 1. The Hall–Kier alpha value is -1.68. The smallest absolute Gasteiger partial charge is 0.142 e. The lowest BCUT2D eigenvalue weighted by atomic mass is 10.1. The highest BCUT2D eigenvalue weighted by atomic mass is 32.1. The monoisotopic (exact) mass is 260 g/mol. The normalized spacial score (nSPS) is 10.4. The Morgan fingerprint density at radius 3 is 2.78 bits per heavy atom. The molecule has 0 aliphatic carbocycles. The number of hydrogen-bond donors (Lipinski definition) is 1. The maximum Gasteiger partial charge on any atom is 0.142 e. The van der Waals surface area contributed by atoms with Gasteiger partial charge in [-0.25, -0.2) is 4.98 Å². The Bertz CT molecular complexity index is 619. The van der Waals surface area contributed by atoms with E-state index in [0.29, 0.717) is 4.64 Å². The highest BCUT2D eigenvalue weighted by molar-refractivity contribution is 7.71. The number of aromatic amines is 1.